The molecule has 2 heterocycles. The first-order valence-electron chi connectivity index (χ1n) is 21.9. The number of hydrogen-bond donors (Lipinski definition) is 6. The van der Waals surface area contributed by atoms with E-state index in [2.05, 4.69) is 22.9 Å². The largest absolute Gasteiger partial charge is 0.492 e. The lowest BCUT2D eigenvalue weighted by molar-refractivity contribution is -0.143. The van der Waals surface area contributed by atoms with Crippen LogP contribution in [-0.2, 0) is 32.0 Å². The van der Waals surface area contributed by atoms with Crippen molar-refractivity contribution in [3.8, 4) is 28.7 Å². The number of likely N-dealkylation sites (N-methyl/N-ethyl adjacent to an activating group) is 1. The van der Waals surface area contributed by atoms with Gasteiger partial charge in [0.2, 0.25) is 23.6 Å². The molecule has 5 amide bonds. The molecule has 0 unspecified atom stereocenters. The molecule has 2 aliphatic heterocycles. The molecule has 3 aromatic carbocycles. The Morgan fingerprint density at radius 1 is 0.921 bits per heavy atom. The van der Waals surface area contributed by atoms with E-state index in [4.69, 9.17) is 26.7 Å². The number of ether oxygens (including phenoxy) is 2. The van der Waals surface area contributed by atoms with Crippen molar-refractivity contribution in [3.63, 3.8) is 0 Å². The van der Waals surface area contributed by atoms with E-state index in [-0.39, 0.29) is 70.6 Å². The standard InChI is InChI=1S/C47H63N9O7/c1-5-6-7-8-9-31-10-13-35(29(2)22-31)46(60)56-28-33(27-51)25-39(56)47(61)55(4)42-34-12-15-41(63-21-18-50)37(26-34)36-23-32(11-14-40(36)62-20-17-49)24-38(44(58)52-19-16-48)54-43(57)30(3)53-45(42)59/h10-15,22-23,26,30,33,38-39,42H,5-9,17-21,24-25,27-28,49-51H2,1-4H3,(H,52,58)(H,53,59)(H,54,57)/t30-,33+,38-,39-,42-/m0/s1. The van der Waals surface area contributed by atoms with Crippen LogP contribution in [0.1, 0.15) is 84.6 Å². The Morgan fingerprint density at radius 3 is 2.27 bits per heavy atom. The Morgan fingerprint density at radius 2 is 1.62 bits per heavy atom. The highest BCUT2D eigenvalue weighted by Crippen LogP contribution is 2.40. The molecule has 0 saturated carbocycles. The van der Waals surface area contributed by atoms with Gasteiger partial charge in [0.05, 0.1) is 6.07 Å². The van der Waals surface area contributed by atoms with Gasteiger partial charge in [-0.1, -0.05) is 50.5 Å². The van der Waals surface area contributed by atoms with Gasteiger partial charge in [0, 0.05) is 49.8 Å². The van der Waals surface area contributed by atoms with E-state index in [1.165, 1.54) is 25.3 Å². The van der Waals surface area contributed by atoms with Crippen molar-refractivity contribution < 1.29 is 33.4 Å². The van der Waals surface area contributed by atoms with Crippen molar-refractivity contribution in [1.29, 1.82) is 5.26 Å². The molecular weight excluding hydrogens is 803 g/mol. The van der Waals surface area contributed by atoms with Gasteiger partial charge in [0.25, 0.3) is 5.91 Å². The predicted octanol–water partition coefficient (Wildman–Crippen LogP) is 2.63. The molecule has 9 N–H and O–H groups in total. The minimum absolute atomic E-state index is 0.0233. The molecule has 0 aliphatic carbocycles. The fraction of sp³-hybridized carbons (Fsp3) is 0.489. The van der Waals surface area contributed by atoms with Crippen molar-refractivity contribution in [1.82, 2.24) is 25.8 Å². The third kappa shape index (κ3) is 11.9. The van der Waals surface area contributed by atoms with Crippen molar-refractivity contribution >= 4 is 29.5 Å². The second-order valence-electron chi connectivity index (χ2n) is 16.4. The average Bonchev–Trinajstić information content (AvgIpc) is 3.72. The second-order valence-corrected chi connectivity index (χ2v) is 16.4. The zero-order valence-corrected chi connectivity index (χ0v) is 36.9. The molecule has 63 heavy (non-hydrogen) atoms. The minimum atomic E-state index is -1.33. The van der Waals surface area contributed by atoms with E-state index in [1.807, 2.05) is 31.2 Å². The van der Waals surface area contributed by atoms with Gasteiger partial charge in [-0.15, -0.1) is 0 Å². The zero-order valence-electron chi connectivity index (χ0n) is 36.9. The molecule has 5 rings (SSSR count). The van der Waals surface area contributed by atoms with Crippen LogP contribution in [0.2, 0.25) is 0 Å². The normalized spacial score (nSPS) is 19.8. The van der Waals surface area contributed by atoms with Gasteiger partial charge in [-0.2, -0.15) is 5.26 Å². The monoisotopic (exact) mass is 865 g/mol. The first kappa shape index (κ1) is 48.0. The summed E-state index contributed by atoms with van der Waals surface area (Å²) in [7, 11) is 1.50. The maximum atomic E-state index is 14.9. The van der Waals surface area contributed by atoms with Crippen LogP contribution in [0.25, 0.3) is 11.1 Å². The smallest absolute Gasteiger partial charge is 0.254 e. The third-order valence-electron chi connectivity index (χ3n) is 11.7. The lowest BCUT2D eigenvalue weighted by Gasteiger charge is -2.34. The maximum Gasteiger partial charge on any atom is 0.254 e. The number of nitrogens with one attached hydrogen (secondary N) is 3. The Hall–Kier alpha value is -6.02. The van der Waals surface area contributed by atoms with Crippen LogP contribution < -0.4 is 42.6 Å². The molecule has 0 aromatic heterocycles. The topological polar surface area (TPSA) is 248 Å². The van der Waals surface area contributed by atoms with E-state index < -0.39 is 47.8 Å². The maximum absolute atomic E-state index is 14.9. The number of likely N-dealkylation sites (tertiary alicyclic amines) is 1. The number of carbonyl (C=O) groups is 5. The minimum Gasteiger partial charge on any atom is -0.492 e. The number of benzene rings is 3. The molecule has 1 saturated heterocycles. The number of aryl methyl sites for hydroxylation is 2. The fourth-order valence-corrected chi connectivity index (χ4v) is 8.28. The molecule has 4 bridgehead atoms. The van der Waals surface area contributed by atoms with Gasteiger partial charge < -0.3 is 52.4 Å². The lowest BCUT2D eigenvalue weighted by Crippen LogP contribution is -2.55. The summed E-state index contributed by atoms with van der Waals surface area (Å²) >= 11 is 0. The van der Waals surface area contributed by atoms with Crippen molar-refractivity contribution in [2.45, 2.75) is 89.9 Å². The fourth-order valence-electron chi connectivity index (χ4n) is 8.28. The molecule has 3 aromatic rings. The highest BCUT2D eigenvalue weighted by molar-refractivity contribution is 6.00. The van der Waals surface area contributed by atoms with Gasteiger partial charge in [-0.25, -0.2) is 0 Å². The first-order chi connectivity index (χ1) is 30.3. The molecule has 0 radical (unpaired) electrons. The number of nitriles is 1. The van der Waals surface area contributed by atoms with Gasteiger partial charge in [-0.3, -0.25) is 24.0 Å². The summed E-state index contributed by atoms with van der Waals surface area (Å²) in [6.45, 7) is 6.53. The quantitative estimate of drug-likeness (QED) is 0.0851. The summed E-state index contributed by atoms with van der Waals surface area (Å²) in [6, 6.07) is 13.5. The van der Waals surface area contributed by atoms with Crippen LogP contribution >= 0.6 is 0 Å². The van der Waals surface area contributed by atoms with E-state index >= 15 is 0 Å². The zero-order chi connectivity index (χ0) is 45.6. The Bertz CT molecular complexity index is 2160. The Kier molecular flexibility index (Phi) is 17.4. The molecular formula is C47H63N9O7. The van der Waals surface area contributed by atoms with Gasteiger partial charge in [-0.05, 0) is 98.2 Å². The lowest BCUT2D eigenvalue weighted by atomic mass is 9.93. The van der Waals surface area contributed by atoms with Gasteiger partial charge in [0.1, 0.15) is 55.4 Å². The average molecular weight is 866 g/mol. The van der Waals surface area contributed by atoms with E-state index in [0.717, 1.165) is 36.8 Å². The number of unbranched alkanes of at least 4 members (excludes halogenated alkanes) is 3. The number of nitrogens with two attached hydrogens (primary N) is 3. The van der Waals surface area contributed by atoms with E-state index in [9.17, 15) is 29.2 Å². The molecule has 5 atom stereocenters. The SMILES string of the molecule is CCCCCCc1ccc(C(=O)N2C[C@@H](CN)C[C@H]2C(=O)N(C)[C@@H]2C(=O)N[C@@H](C)C(=O)N[C@H](C(=O)NCC#N)Cc3ccc(OCCN)c(c3)-c3cc2ccc3OCCN)c(C)c1. The summed E-state index contributed by atoms with van der Waals surface area (Å²) in [6.07, 6.45) is 5.75. The van der Waals surface area contributed by atoms with Gasteiger partial charge >= 0.3 is 0 Å². The number of nitrogens with zero attached hydrogens (tertiary/aromatic N) is 3. The molecule has 16 heteroatoms. The number of fused-ring (bicyclic) bond motifs is 5. The summed E-state index contributed by atoms with van der Waals surface area (Å²) in [4.78, 5) is 74.0. The van der Waals surface area contributed by atoms with Crippen LogP contribution in [0.5, 0.6) is 11.5 Å². The number of amides is 5. The first-order valence-corrected chi connectivity index (χ1v) is 21.9. The van der Waals surface area contributed by atoms with Crippen LogP contribution in [0, 0.1) is 24.2 Å². The van der Waals surface area contributed by atoms with E-state index in [1.54, 1.807) is 41.3 Å². The van der Waals surface area contributed by atoms with E-state index in [0.29, 0.717) is 39.3 Å². The third-order valence-corrected chi connectivity index (χ3v) is 11.7. The summed E-state index contributed by atoms with van der Waals surface area (Å²) in [5.74, 6) is -2.08. The summed E-state index contributed by atoms with van der Waals surface area (Å²) in [5, 5.41) is 17.2. The highest BCUT2D eigenvalue weighted by atomic mass is 16.5. The molecule has 338 valence electrons. The van der Waals surface area contributed by atoms with Gasteiger partial charge in [0.15, 0.2) is 0 Å². The van der Waals surface area contributed by atoms with Crippen LogP contribution in [-0.4, -0.2) is 110 Å². The molecule has 0 spiro atoms. The molecule has 1 fully saturated rings. The number of rotatable bonds is 17. The number of hydrogen-bond acceptors (Lipinski definition) is 11. The highest BCUT2D eigenvalue weighted by Gasteiger charge is 2.44. The van der Waals surface area contributed by atoms with Crippen LogP contribution in [0.4, 0.5) is 0 Å². The van der Waals surface area contributed by atoms with Crippen molar-refractivity contribution in [2.75, 3.05) is 53.0 Å². The summed E-state index contributed by atoms with van der Waals surface area (Å²) < 4.78 is 12.2. The van der Waals surface area contributed by atoms with Crippen molar-refractivity contribution in [3.05, 3.63) is 82.4 Å². The second kappa shape index (κ2) is 22.9. The summed E-state index contributed by atoms with van der Waals surface area (Å²) in [5.41, 5.74) is 22.4. The molecule has 2 aliphatic rings. The number of carbonyl (C=O) groups excluding carboxylic acids is 5. The van der Waals surface area contributed by atoms with Crippen LogP contribution in [0.15, 0.2) is 54.6 Å². The van der Waals surface area contributed by atoms with Crippen molar-refractivity contribution in [2.24, 2.45) is 23.1 Å². The Balaban J connectivity index is 1.59. The molecule has 16 nitrogen and oxygen atoms in total. The van der Waals surface area contributed by atoms with Crippen LogP contribution in [0.3, 0.4) is 0 Å². The Labute approximate surface area is 370 Å². The predicted molar refractivity (Wildman–Crippen MR) is 239 cm³/mol.